The van der Waals surface area contributed by atoms with Crippen molar-refractivity contribution in [2.75, 3.05) is 5.01 Å². The minimum atomic E-state index is -0.275. The molecule has 4 nitrogen and oxygen atoms in total. The average molecular weight is 284 g/mol. The Morgan fingerprint density at radius 1 is 1.24 bits per heavy atom. The first kappa shape index (κ1) is 13.7. The predicted octanol–water partition coefficient (Wildman–Crippen LogP) is 3.95. The summed E-state index contributed by atoms with van der Waals surface area (Å²) in [6.45, 7) is 3.78. The van der Waals surface area contributed by atoms with Crippen LogP contribution in [0.1, 0.15) is 37.1 Å². The average Bonchev–Trinajstić information content (AvgIpc) is 3.30. The Kier molecular flexibility index (Phi) is 3.64. The number of anilines is 2. The highest BCUT2D eigenvalue weighted by molar-refractivity contribution is 5.63. The molecule has 1 heterocycles. The smallest absolute Gasteiger partial charge is 0.216 e. The van der Waals surface area contributed by atoms with Crippen LogP contribution >= 0.6 is 0 Å². The van der Waals surface area contributed by atoms with E-state index in [-0.39, 0.29) is 5.82 Å². The zero-order chi connectivity index (χ0) is 14.8. The van der Waals surface area contributed by atoms with Crippen molar-refractivity contribution in [2.45, 2.75) is 32.6 Å². The Morgan fingerprint density at radius 2 is 1.95 bits per heavy atom. The van der Waals surface area contributed by atoms with Gasteiger partial charge in [-0.2, -0.15) is 10.1 Å². The van der Waals surface area contributed by atoms with E-state index < -0.39 is 0 Å². The Bertz CT molecular complexity index is 662. The van der Waals surface area contributed by atoms with Crippen molar-refractivity contribution in [3.63, 3.8) is 0 Å². The molecule has 5 heteroatoms. The van der Waals surface area contributed by atoms with E-state index in [4.69, 9.17) is 0 Å². The summed E-state index contributed by atoms with van der Waals surface area (Å²) in [5.41, 5.74) is 2.72. The van der Waals surface area contributed by atoms with Crippen molar-refractivity contribution in [3.8, 4) is 0 Å². The van der Waals surface area contributed by atoms with E-state index in [0.717, 1.165) is 17.1 Å². The van der Waals surface area contributed by atoms with Gasteiger partial charge in [0.1, 0.15) is 5.82 Å². The largest absolute Gasteiger partial charge is 0.251 e. The molecule has 1 aromatic heterocycles. The minimum Gasteiger partial charge on any atom is -0.216 e. The van der Waals surface area contributed by atoms with E-state index in [1.54, 1.807) is 23.4 Å². The summed E-state index contributed by atoms with van der Waals surface area (Å²) in [7, 11) is 0. The molecule has 2 aromatic rings. The van der Waals surface area contributed by atoms with Gasteiger partial charge in [-0.3, -0.25) is 0 Å². The molecule has 1 aromatic carbocycles. The summed E-state index contributed by atoms with van der Waals surface area (Å²) in [4.78, 5) is 9.09. The van der Waals surface area contributed by atoms with Gasteiger partial charge in [0.15, 0.2) is 0 Å². The fraction of sp³-hybridized carbons (Fsp3) is 0.312. The van der Waals surface area contributed by atoms with Gasteiger partial charge in [-0.25, -0.2) is 14.4 Å². The van der Waals surface area contributed by atoms with Gasteiger partial charge in [0.25, 0.3) is 5.95 Å². The van der Waals surface area contributed by atoms with E-state index in [1.807, 2.05) is 19.9 Å². The van der Waals surface area contributed by atoms with Gasteiger partial charge < -0.3 is 0 Å². The fourth-order valence-electron chi connectivity index (χ4n) is 2.19. The Morgan fingerprint density at radius 3 is 2.57 bits per heavy atom. The predicted molar refractivity (Wildman–Crippen MR) is 81.4 cm³/mol. The summed E-state index contributed by atoms with van der Waals surface area (Å²) >= 11 is 0. The number of aromatic nitrogens is 2. The number of benzene rings is 1. The van der Waals surface area contributed by atoms with Crippen LogP contribution in [0.4, 0.5) is 16.0 Å². The maximum atomic E-state index is 13.1. The molecule has 1 fully saturated rings. The Balaban J connectivity index is 2.02. The minimum absolute atomic E-state index is 0.275. The van der Waals surface area contributed by atoms with E-state index in [1.165, 1.54) is 25.0 Å². The number of hydrazone groups is 1. The number of nitrogens with zero attached hydrogens (tertiary/aromatic N) is 4. The van der Waals surface area contributed by atoms with Gasteiger partial charge in [0, 0.05) is 23.5 Å². The molecule has 1 aliphatic rings. The van der Waals surface area contributed by atoms with Crippen LogP contribution in [-0.2, 0) is 0 Å². The Hall–Kier alpha value is -2.30. The monoisotopic (exact) mass is 284 g/mol. The van der Waals surface area contributed by atoms with Gasteiger partial charge >= 0.3 is 0 Å². The van der Waals surface area contributed by atoms with Gasteiger partial charge in [0.05, 0.1) is 5.69 Å². The molecule has 0 unspecified atom stereocenters. The van der Waals surface area contributed by atoms with Gasteiger partial charge in [-0.05, 0) is 57.0 Å². The number of hydrogen-bond acceptors (Lipinski definition) is 4. The van der Waals surface area contributed by atoms with Crippen molar-refractivity contribution in [3.05, 3.63) is 47.5 Å². The maximum Gasteiger partial charge on any atom is 0.251 e. The standard InChI is InChI=1S/C16H17FN4/c1-3-18-21(14-8-6-13(17)7-9-14)16-19-11(2)10-15(20-16)12-4-5-12/h3,6-10,12H,4-5H2,1-2H3. The molecule has 0 radical (unpaired) electrons. The van der Waals surface area contributed by atoms with Gasteiger partial charge in [-0.1, -0.05) is 0 Å². The third-order valence-electron chi connectivity index (χ3n) is 3.35. The van der Waals surface area contributed by atoms with E-state index >= 15 is 0 Å². The number of hydrogen-bond donors (Lipinski definition) is 0. The summed E-state index contributed by atoms with van der Waals surface area (Å²) in [6.07, 6.45) is 4.04. The highest BCUT2D eigenvalue weighted by Crippen LogP contribution is 2.39. The third kappa shape index (κ3) is 3.07. The SMILES string of the molecule is CC=NN(c1ccc(F)cc1)c1nc(C)cc(C2CC2)n1. The molecular weight excluding hydrogens is 267 g/mol. The van der Waals surface area contributed by atoms with Gasteiger partial charge in [-0.15, -0.1) is 0 Å². The topological polar surface area (TPSA) is 41.4 Å². The lowest BCUT2D eigenvalue weighted by Crippen LogP contribution is -2.14. The normalized spacial score (nSPS) is 14.6. The van der Waals surface area contributed by atoms with E-state index in [0.29, 0.717) is 11.9 Å². The zero-order valence-electron chi connectivity index (χ0n) is 12.1. The van der Waals surface area contributed by atoms with Crippen LogP contribution < -0.4 is 5.01 Å². The van der Waals surface area contributed by atoms with Crippen LogP contribution in [0.15, 0.2) is 35.4 Å². The maximum absolute atomic E-state index is 13.1. The first-order chi connectivity index (χ1) is 10.2. The second kappa shape index (κ2) is 5.60. The Labute approximate surface area is 123 Å². The second-order valence-corrected chi connectivity index (χ2v) is 5.17. The highest BCUT2D eigenvalue weighted by Gasteiger charge is 2.26. The van der Waals surface area contributed by atoms with Crippen LogP contribution in [0, 0.1) is 12.7 Å². The van der Waals surface area contributed by atoms with Crippen molar-refractivity contribution in [1.82, 2.24) is 9.97 Å². The molecule has 108 valence electrons. The van der Waals surface area contributed by atoms with Crippen LogP contribution in [0.3, 0.4) is 0 Å². The molecule has 0 saturated heterocycles. The second-order valence-electron chi connectivity index (χ2n) is 5.17. The van der Waals surface area contributed by atoms with Crippen molar-refractivity contribution >= 4 is 17.9 Å². The lowest BCUT2D eigenvalue weighted by Gasteiger charge is -2.18. The first-order valence-corrected chi connectivity index (χ1v) is 7.07. The summed E-state index contributed by atoms with van der Waals surface area (Å²) in [5.74, 6) is 0.802. The molecule has 1 saturated carbocycles. The van der Waals surface area contributed by atoms with Crippen molar-refractivity contribution in [1.29, 1.82) is 0 Å². The van der Waals surface area contributed by atoms with Gasteiger partial charge in [0.2, 0.25) is 0 Å². The molecule has 0 bridgehead atoms. The fourth-order valence-corrected chi connectivity index (χ4v) is 2.19. The molecule has 0 atom stereocenters. The molecule has 0 amide bonds. The zero-order valence-corrected chi connectivity index (χ0v) is 12.1. The van der Waals surface area contributed by atoms with Crippen molar-refractivity contribution < 1.29 is 4.39 Å². The molecule has 21 heavy (non-hydrogen) atoms. The quantitative estimate of drug-likeness (QED) is 0.630. The lowest BCUT2D eigenvalue weighted by molar-refractivity contribution is 0.627. The molecule has 0 N–H and O–H groups in total. The van der Waals surface area contributed by atoms with E-state index in [9.17, 15) is 4.39 Å². The third-order valence-corrected chi connectivity index (χ3v) is 3.35. The number of aryl methyl sites for hydroxylation is 1. The highest BCUT2D eigenvalue weighted by atomic mass is 19.1. The van der Waals surface area contributed by atoms with Crippen LogP contribution in [-0.4, -0.2) is 16.2 Å². The lowest BCUT2D eigenvalue weighted by atomic mass is 10.2. The molecule has 0 spiro atoms. The summed E-state index contributed by atoms with van der Waals surface area (Å²) in [6, 6.07) is 8.19. The first-order valence-electron chi connectivity index (χ1n) is 7.07. The van der Waals surface area contributed by atoms with Crippen molar-refractivity contribution in [2.24, 2.45) is 5.10 Å². The number of halogens is 1. The molecule has 3 rings (SSSR count). The summed E-state index contributed by atoms with van der Waals surface area (Å²) < 4.78 is 13.1. The molecule has 1 aliphatic carbocycles. The van der Waals surface area contributed by atoms with Crippen LogP contribution in [0.5, 0.6) is 0 Å². The molecule has 0 aliphatic heterocycles. The molecular formula is C16H17FN4. The number of rotatable bonds is 4. The summed E-state index contributed by atoms with van der Waals surface area (Å²) in [5, 5.41) is 5.95. The van der Waals surface area contributed by atoms with Crippen LogP contribution in [0.25, 0.3) is 0 Å². The van der Waals surface area contributed by atoms with E-state index in [2.05, 4.69) is 15.1 Å². The van der Waals surface area contributed by atoms with Crippen LogP contribution in [0.2, 0.25) is 0 Å².